The van der Waals surface area contributed by atoms with Crippen molar-refractivity contribution in [3.8, 4) is 23.1 Å². The van der Waals surface area contributed by atoms with E-state index < -0.39 is 16.6 Å². The minimum Gasteiger partial charge on any atom is -0.337 e. The first-order valence-corrected chi connectivity index (χ1v) is 10.9. The zero-order valence-electron chi connectivity index (χ0n) is 18.1. The molecule has 3 rings (SSSR count). The fourth-order valence-electron chi connectivity index (χ4n) is 2.83. The van der Waals surface area contributed by atoms with E-state index in [2.05, 4.69) is 21.6 Å². The van der Waals surface area contributed by atoms with E-state index >= 15 is 0 Å². The number of hydrogen-bond donors (Lipinski definition) is 1. The smallest absolute Gasteiger partial charge is 0.234 e. The van der Waals surface area contributed by atoms with E-state index in [1.807, 2.05) is 13.8 Å². The molecule has 0 bridgehead atoms. The molecule has 2 aromatic carbocycles. The van der Waals surface area contributed by atoms with Crippen molar-refractivity contribution in [2.75, 3.05) is 0 Å². The van der Waals surface area contributed by atoms with Crippen molar-refractivity contribution >= 4 is 17.7 Å². The predicted octanol–water partition coefficient (Wildman–Crippen LogP) is 4.75. The van der Waals surface area contributed by atoms with E-state index in [1.54, 1.807) is 42.7 Å². The molecule has 0 radical (unpaired) electrons. The Morgan fingerprint density at radius 1 is 1.06 bits per heavy atom. The van der Waals surface area contributed by atoms with E-state index in [1.165, 1.54) is 24.3 Å². The lowest BCUT2D eigenvalue weighted by Gasteiger charge is -2.28. The lowest BCUT2D eigenvalue weighted by atomic mass is 9.90. The molecule has 3 aromatic rings. The number of carbonyl (C=O) groups is 1. The molecule has 0 aliphatic rings. The van der Waals surface area contributed by atoms with Crippen LogP contribution in [0.5, 0.6) is 0 Å². The standard InChI is InChI=1S/C23H23F2N5OS/c1-14(2)23(4,13-26)27-21(31)15(3)32-22-29-28-20(16-5-7-17(24)8-6-16)30(22)19-11-9-18(25)10-12-19/h5-12,14-15H,1-4H3,(H,27,31). The highest BCUT2D eigenvalue weighted by atomic mass is 32.2. The van der Waals surface area contributed by atoms with Gasteiger partial charge >= 0.3 is 0 Å². The molecule has 1 heterocycles. The maximum absolute atomic E-state index is 13.5. The van der Waals surface area contributed by atoms with Gasteiger partial charge in [-0.15, -0.1) is 10.2 Å². The second kappa shape index (κ2) is 9.49. The summed E-state index contributed by atoms with van der Waals surface area (Å²) in [5.74, 6) is -0.745. The maximum Gasteiger partial charge on any atom is 0.234 e. The third-order valence-corrected chi connectivity index (χ3v) is 6.28. The Hall–Kier alpha value is -3.25. The molecule has 1 N–H and O–H groups in total. The van der Waals surface area contributed by atoms with E-state index in [-0.39, 0.29) is 17.6 Å². The molecule has 9 heteroatoms. The molecule has 1 amide bonds. The van der Waals surface area contributed by atoms with Gasteiger partial charge in [-0.25, -0.2) is 8.78 Å². The van der Waals surface area contributed by atoms with Gasteiger partial charge in [0, 0.05) is 11.3 Å². The van der Waals surface area contributed by atoms with Gasteiger partial charge in [0.1, 0.15) is 17.2 Å². The Morgan fingerprint density at radius 2 is 1.62 bits per heavy atom. The largest absolute Gasteiger partial charge is 0.337 e. The summed E-state index contributed by atoms with van der Waals surface area (Å²) < 4.78 is 28.6. The summed E-state index contributed by atoms with van der Waals surface area (Å²) in [6.45, 7) is 7.11. The summed E-state index contributed by atoms with van der Waals surface area (Å²) in [5, 5.41) is 20.6. The fourth-order valence-corrected chi connectivity index (χ4v) is 3.69. The van der Waals surface area contributed by atoms with Crippen LogP contribution in [-0.2, 0) is 4.79 Å². The Morgan fingerprint density at radius 3 is 2.16 bits per heavy atom. The van der Waals surface area contributed by atoms with Crippen LogP contribution in [0, 0.1) is 28.9 Å². The molecule has 0 aliphatic carbocycles. The van der Waals surface area contributed by atoms with Gasteiger partial charge in [0.2, 0.25) is 5.91 Å². The summed E-state index contributed by atoms with van der Waals surface area (Å²) in [7, 11) is 0. The van der Waals surface area contributed by atoms with Crippen LogP contribution in [0.1, 0.15) is 27.7 Å². The molecule has 166 valence electrons. The van der Waals surface area contributed by atoms with E-state index in [0.717, 1.165) is 11.8 Å². The summed E-state index contributed by atoms with van der Waals surface area (Å²) in [6, 6.07) is 13.7. The van der Waals surface area contributed by atoms with Crippen molar-refractivity contribution in [2.24, 2.45) is 5.92 Å². The number of halogens is 2. The minimum atomic E-state index is -1.00. The van der Waals surface area contributed by atoms with Gasteiger partial charge in [-0.1, -0.05) is 25.6 Å². The summed E-state index contributed by atoms with van der Waals surface area (Å²) in [5.41, 5.74) is 0.203. The molecule has 32 heavy (non-hydrogen) atoms. The Bertz CT molecular complexity index is 1140. The molecule has 0 saturated carbocycles. The average molecular weight is 456 g/mol. The third-order valence-electron chi connectivity index (χ3n) is 5.24. The van der Waals surface area contributed by atoms with Crippen LogP contribution < -0.4 is 5.32 Å². The lowest BCUT2D eigenvalue weighted by molar-refractivity contribution is -0.121. The van der Waals surface area contributed by atoms with Gasteiger partial charge in [0.15, 0.2) is 11.0 Å². The molecule has 0 fully saturated rings. The highest BCUT2D eigenvalue weighted by Gasteiger charge is 2.32. The van der Waals surface area contributed by atoms with Crippen LogP contribution >= 0.6 is 11.8 Å². The number of aromatic nitrogens is 3. The van der Waals surface area contributed by atoms with Gasteiger partial charge in [-0.3, -0.25) is 9.36 Å². The number of nitriles is 1. The number of thioether (sulfide) groups is 1. The second-order valence-electron chi connectivity index (χ2n) is 7.84. The monoisotopic (exact) mass is 455 g/mol. The number of nitrogens with zero attached hydrogens (tertiary/aromatic N) is 4. The second-order valence-corrected chi connectivity index (χ2v) is 9.15. The normalized spacial score (nSPS) is 13.9. The first-order valence-electron chi connectivity index (χ1n) is 10.0. The van der Waals surface area contributed by atoms with Gasteiger partial charge < -0.3 is 5.32 Å². The van der Waals surface area contributed by atoms with Crippen LogP contribution in [0.4, 0.5) is 8.78 Å². The van der Waals surface area contributed by atoms with Crippen LogP contribution in [0.2, 0.25) is 0 Å². The Balaban J connectivity index is 1.96. The Labute approximate surface area is 189 Å². The molecule has 0 aliphatic heterocycles. The van der Waals surface area contributed by atoms with Gasteiger partial charge in [-0.05, 0) is 68.3 Å². The quantitative estimate of drug-likeness (QED) is 0.520. The molecule has 2 atom stereocenters. The van der Waals surface area contributed by atoms with Crippen molar-refractivity contribution in [1.29, 1.82) is 5.26 Å². The predicted molar refractivity (Wildman–Crippen MR) is 119 cm³/mol. The molecular weight excluding hydrogens is 432 g/mol. The number of benzene rings is 2. The van der Waals surface area contributed by atoms with Crippen LogP contribution in [0.3, 0.4) is 0 Å². The summed E-state index contributed by atoms with van der Waals surface area (Å²) in [6.07, 6.45) is 0. The van der Waals surface area contributed by atoms with Gasteiger partial charge in [0.05, 0.1) is 11.3 Å². The van der Waals surface area contributed by atoms with Gasteiger partial charge in [0.25, 0.3) is 0 Å². The average Bonchev–Trinajstić information content (AvgIpc) is 3.17. The number of nitrogens with one attached hydrogen (secondary N) is 1. The topological polar surface area (TPSA) is 83.6 Å². The molecule has 6 nitrogen and oxygen atoms in total. The van der Waals surface area contributed by atoms with Crippen molar-refractivity contribution in [3.05, 3.63) is 60.2 Å². The fraction of sp³-hybridized carbons (Fsp3) is 0.304. The molecule has 0 spiro atoms. The number of hydrogen-bond acceptors (Lipinski definition) is 5. The highest BCUT2D eigenvalue weighted by molar-refractivity contribution is 8.00. The van der Waals surface area contributed by atoms with Crippen LogP contribution in [-0.4, -0.2) is 31.5 Å². The Kier molecular flexibility index (Phi) is 6.94. The van der Waals surface area contributed by atoms with E-state index in [0.29, 0.717) is 22.2 Å². The van der Waals surface area contributed by atoms with Gasteiger partial charge in [-0.2, -0.15) is 5.26 Å². The lowest BCUT2D eigenvalue weighted by Crippen LogP contribution is -2.51. The van der Waals surface area contributed by atoms with Crippen molar-refractivity contribution in [2.45, 2.75) is 43.6 Å². The molecular formula is C23H23F2N5OS. The number of carbonyl (C=O) groups excluding carboxylic acids is 1. The van der Waals surface area contributed by atoms with Crippen molar-refractivity contribution < 1.29 is 13.6 Å². The minimum absolute atomic E-state index is 0.0819. The third kappa shape index (κ3) is 4.97. The SMILES string of the molecule is CC(Sc1nnc(-c2ccc(F)cc2)n1-c1ccc(F)cc1)C(=O)NC(C)(C#N)C(C)C. The first-order chi connectivity index (χ1) is 15.1. The van der Waals surface area contributed by atoms with Crippen LogP contribution in [0.25, 0.3) is 17.1 Å². The van der Waals surface area contributed by atoms with Crippen LogP contribution in [0.15, 0.2) is 53.7 Å². The highest BCUT2D eigenvalue weighted by Crippen LogP contribution is 2.31. The van der Waals surface area contributed by atoms with Crippen molar-refractivity contribution in [3.63, 3.8) is 0 Å². The molecule has 0 saturated heterocycles. The zero-order valence-corrected chi connectivity index (χ0v) is 19.0. The summed E-state index contributed by atoms with van der Waals surface area (Å²) in [4.78, 5) is 12.8. The zero-order chi connectivity index (χ0) is 23.5. The van der Waals surface area contributed by atoms with E-state index in [9.17, 15) is 18.8 Å². The molecule has 1 aromatic heterocycles. The number of amides is 1. The maximum atomic E-state index is 13.5. The summed E-state index contributed by atoms with van der Waals surface area (Å²) >= 11 is 1.16. The molecule has 2 unspecified atom stereocenters. The van der Waals surface area contributed by atoms with E-state index in [4.69, 9.17) is 0 Å². The first kappa shape index (κ1) is 23.4. The van der Waals surface area contributed by atoms with Crippen molar-refractivity contribution in [1.82, 2.24) is 20.1 Å². The number of rotatable bonds is 7.